The van der Waals surface area contributed by atoms with E-state index < -0.39 is 0 Å². The van der Waals surface area contributed by atoms with Crippen LogP contribution in [0.3, 0.4) is 0 Å². The van der Waals surface area contributed by atoms with Gasteiger partial charge < -0.3 is 4.90 Å². The van der Waals surface area contributed by atoms with Crippen LogP contribution >= 0.6 is 27.7 Å². The number of nitrogens with one attached hydrogen (secondary N) is 1. The molecule has 134 valence electrons. The van der Waals surface area contributed by atoms with Gasteiger partial charge >= 0.3 is 0 Å². The smallest absolute Gasteiger partial charge is 0.233 e. The lowest BCUT2D eigenvalue weighted by Gasteiger charge is -2.33. The Bertz CT molecular complexity index is 727. The highest BCUT2D eigenvalue weighted by Crippen LogP contribution is 2.28. The van der Waals surface area contributed by atoms with E-state index in [4.69, 9.17) is 0 Å². The minimum atomic E-state index is 0.150. The average molecular weight is 423 g/mol. The van der Waals surface area contributed by atoms with Gasteiger partial charge in [0.25, 0.3) is 0 Å². The van der Waals surface area contributed by atoms with Crippen LogP contribution in [0.4, 0.5) is 0 Å². The molecule has 1 heterocycles. The Morgan fingerprint density at radius 2 is 2.04 bits per heavy atom. The van der Waals surface area contributed by atoms with Gasteiger partial charge in [-0.1, -0.05) is 52.8 Å². The summed E-state index contributed by atoms with van der Waals surface area (Å²) in [5.74, 6) is 2.02. The van der Waals surface area contributed by atoms with Crippen molar-refractivity contribution in [2.24, 2.45) is 5.92 Å². The van der Waals surface area contributed by atoms with Gasteiger partial charge in [-0.05, 0) is 37.7 Å². The van der Waals surface area contributed by atoms with Crippen LogP contribution in [0.25, 0.3) is 11.4 Å². The fourth-order valence-corrected chi connectivity index (χ4v) is 4.34. The highest BCUT2D eigenvalue weighted by atomic mass is 79.9. The van der Waals surface area contributed by atoms with Crippen molar-refractivity contribution < 1.29 is 4.79 Å². The topological polar surface area (TPSA) is 61.9 Å². The van der Waals surface area contributed by atoms with E-state index in [1.807, 2.05) is 36.2 Å². The lowest BCUT2D eigenvalue weighted by Crippen LogP contribution is -2.40. The first kappa shape index (κ1) is 18.5. The molecule has 1 aliphatic carbocycles. The van der Waals surface area contributed by atoms with Gasteiger partial charge in [-0.2, -0.15) is 0 Å². The molecule has 0 saturated heterocycles. The lowest BCUT2D eigenvalue weighted by atomic mass is 9.87. The summed E-state index contributed by atoms with van der Waals surface area (Å²) in [4.78, 5) is 18.9. The Hall–Kier alpha value is -1.34. The molecule has 5 nitrogen and oxygen atoms in total. The van der Waals surface area contributed by atoms with E-state index in [1.54, 1.807) is 0 Å². The van der Waals surface area contributed by atoms with Crippen LogP contribution in [-0.4, -0.2) is 44.8 Å². The highest BCUT2D eigenvalue weighted by Gasteiger charge is 2.25. The summed E-state index contributed by atoms with van der Waals surface area (Å²) in [6, 6.07) is 8.24. The van der Waals surface area contributed by atoms with Crippen molar-refractivity contribution in [3.05, 3.63) is 28.7 Å². The molecule has 1 N–H and O–H groups in total. The molecule has 0 bridgehead atoms. The Kier molecular flexibility index (Phi) is 6.17. The molecular weight excluding hydrogens is 400 g/mol. The number of carbonyl (C=O) groups excluding carboxylic acids is 1. The van der Waals surface area contributed by atoms with Crippen molar-refractivity contribution in [2.45, 2.75) is 43.8 Å². The van der Waals surface area contributed by atoms with Gasteiger partial charge in [0, 0.05) is 23.1 Å². The maximum Gasteiger partial charge on any atom is 0.233 e. The second-order valence-electron chi connectivity index (χ2n) is 6.65. The molecule has 0 aliphatic heterocycles. The van der Waals surface area contributed by atoms with Crippen molar-refractivity contribution in [3.8, 4) is 11.4 Å². The molecule has 1 aliphatic rings. The number of amides is 1. The van der Waals surface area contributed by atoms with Gasteiger partial charge in [-0.3, -0.25) is 9.89 Å². The first-order chi connectivity index (χ1) is 12.0. The van der Waals surface area contributed by atoms with E-state index in [2.05, 4.69) is 38.0 Å². The number of nitrogens with zero attached hydrogens (tertiary/aromatic N) is 3. The van der Waals surface area contributed by atoms with E-state index in [0.29, 0.717) is 22.8 Å². The number of hydrogen-bond acceptors (Lipinski definition) is 4. The molecule has 1 fully saturated rings. The quantitative estimate of drug-likeness (QED) is 0.726. The molecule has 1 aromatic heterocycles. The third-order valence-corrected chi connectivity index (χ3v) is 6.37. The third-order valence-electron chi connectivity index (χ3n) is 4.85. The van der Waals surface area contributed by atoms with Crippen molar-refractivity contribution in [1.82, 2.24) is 20.1 Å². The molecule has 0 radical (unpaired) electrons. The summed E-state index contributed by atoms with van der Waals surface area (Å²) >= 11 is 4.90. The molecule has 0 spiro atoms. The zero-order valence-corrected chi connectivity index (χ0v) is 16.9. The largest absolute Gasteiger partial charge is 0.342 e. The second kappa shape index (κ2) is 8.36. The van der Waals surface area contributed by atoms with Crippen LogP contribution in [0.5, 0.6) is 0 Å². The lowest BCUT2D eigenvalue weighted by molar-refractivity contribution is -0.129. The van der Waals surface area contributed by atoms with Crippen molar-refractivity contribution in [2.75, 3.05) is 12.8 Å². The Morgan fingerprint density at radius 3 is 2.76 bits per heavy atom. The van der Waals surface area contributed by atoms with Gasteiger partial charge in [0.1, 0.15) is 0 Å². The minimum absolute atomic E-state index is 0.150. The number of aromatic amines is 1. The number of carbonyl (C=O) groups is 1. The van der Waals surface area contributed by atoms with Crippen LogP contribution in [0.15, 0.2) is 33.9 Å². The molecule has 0 atom stereocenters. The Morgan fingerprint density at radius 1 is 1.32 bits per heavy atom. The number of hydrogen-bond donors (Lipinski definition) is 1. The maximum absolute atomic E-state index is 12.5. The summed E-state index contributed by atoms with van der Waals surface area (Å²) in [7, 11) is 1.92. The predicted molar refractivity (Wildman–Crippen MR) is 104 cm³/mol. The molecule has 0 unspecified atom stereocenters. The molecular formula is C18H23BrN4OS. The standard InChI is InChI=1S/C18H23BrN4OS/c1-12-7-9-13(10-8-12)23(2)16(24)11-25-18-20-17(21-22-18)14-5-3-4-6-15(14)19/h3-6,12-13H,7-11H2,1-2H3,(H,20,21,22). The van der Waals surface area contributed by atoms with Gasteiger partial charge in [0.15, 0.2) is 5.82 Å². The summed E-state index contributed by atoms with van der Waals surface area (Å²) in [6.45, 7) is 2.29. The summed E-state index contributed by atoms with van der Waals surface area (Å²) < 4.78 is 0.963. The third kappa shape index (κ3) is 4.64. The molecule has 25 heavy (non-hydrogen) atoms. The van der Waals surface area contributed by atoms with Crippen LogP contribution < -0.4 is 0 Å². The summed E-state index contributed by atoms with van der Waals surface area (Å²) in [5, 5.41) is 7.77. The van der Waals surface area contributed by atoms with Crippen molar-refractivity contribution in [1.29, 1.82) is 0 Å². The van der Waals surface area contributed by atoms with Gasteiger partial charge in [0.2, 0.25) is 11.1 Å². The summed E-state index contributed by atoms with van der Waals surface area (Å²) in [5.41, 5.74) is 0.960. The first-order valence-corrected chi connectivity index (χ1v) is 10.4. The number of halogens is 1. The summed E-state index contributed by atoms with van der Waals surface area (Å²) in [6.07, 6.45) is 4.65. The monoisotopic (exact) mass is 422 g/mol. The number of aromatic nitrogens is 3. The van der Waals surface area contributed by atoms with E-state index >= 15 is 0 Å². The van der Waals surface area contributed by atoms with E-state index in [1.165, 1.54) is 24.6 Å². The highest BCUT2D eigenvalue weighted by molar-refractivity contribution is 9.10. The minimum Gasteiger partial charge on any atom is -0.342 e. The van der Waals surface area contributed by atoms with Crippen LogP contribution in [0.2, 0.25) is 0 Å². The zero-order chi connectivity index (χ0) is 17.8. The van der Waals surface area contributed by atoms with E-state index in [0.717, 1.165) is 28.8 Å². The molecule has 7 heteroatoms. The van der Waals surface area contributed by atoms with Crippen LogP contribution in [-0.2, 0) is 4.79 Å². The van der Waals surface area contributed by atoms with Crippen molar-refractivity contribution >= 4 is 33.6 Å². The number of benzene rings is 1. The zero-order valence-electron chi connectivity index (χ0n) is 14.5. The molecule has 1 amide bonds. The number of rotatable bonds is 5. The molecule has 3 rings (SSSR count). The first-order valence-electron chi connectivity index (χ1n) is 8.60. The Labute approximate surface area is 161 Å². The fraction of sp³-hybridized carbons (Fsp3) is 0.500. The van der Waals surface area contributed by atoms with E-state index in [9.17, 15) is 4.79 Å². The Balaban J connectivity index is 1.55. The van der Waals surface area contributed by atoms with Crippen LogP contribution in [0, 0.1) is 5.92 Å². The maximum atomic E-state index is 12.5. The van der Waals surface area contributed by atoms with Gasteiger partial charge in [-0.25, -0.2) is 4.98 Å². The number of H-pyrrole nitrogens is 1. The van der Waals surface area contributed by atoms with E-state index in [-0.39, 0.29) is 5.91 Å². The van der Waals surface area contributed by atoms with Gasteiger partial charge in [-0.15, -0.1) is 5.10 Å². The number of thioether (sulfide) groups is 1. The normalized spacial score (nSPS) is 20.4. The molecule has 2 aromatic rings. The van der Waals surface area contributed by atoms with Gasteiger partial charge in [0.05, 0.1) is 5.75 Å². The fourth-order valence-electron chi connectivity index (χ4n) is 3.15. The molecule has 1 saturated carbocycles. The second-order valence-corrected chi connectivity index (χ2v) is 8.45. The van der Waals surface area contributed by atoms with Crippen molar-refractivity contribution in [3.63, 3.8) is 0 Å². The molecule has 1 aromatic carbocycles. The SMILES string of the molecule is CC1CCC(N(C)C(=O)CSc2n[nH]c(-c3ccccc3Br)n2)CC1. The average Bonchev–Trinajstić information content (AvgIpc) is 3.09. The van der Waals surface area contributed by atoms with Crippen LogP contribution in [0.1, 0.15) is 32.6 Å². The predicted octanol–water partition coefficient (Wildman–Crippen LogP) is 4.36.